The van der Waals surface area contributed by atoms with Crippen LogP contribution in [-0.2, 0) is 4.74 Å². The monoisotopic (exact) mass is 269 g/mol. The third-order valence-electron chi connectivity index (χ3n) is 2.97. The third-order valence-corrected chi connectivity index (χ3v) is 2.97. The fourth-order valence-corrected chi connectivity index (χ4v) is 1.68. The van der Waals surface area contributed by atoms with Crippen LogP contribution in [0.1, 0.15) is 29.6 Å². The van der Waals surface area contributed by atoms with Gasteiger partial charge in [0.2, 0.25) is 0 Å². The van der Waals surface area contributed by atoms with Gasteiger partial charge in [-0.2, -0.15) is 0 Å². The summed E-state index contributed by atoms with van der Waals surface area (Å²) in [5.41, 5.74) is -0.265. The van der Waals surface area contributed by atoms with Gasteiger partial charge in [0.15, 0.2) is 0 Å². The van der Waals surface area contributed by atoms with Crippen molar-refractivity contribution in [2.45, 2.75) is 19.3 Å². The van der Waals surface area contributed by atoms with Gasteiger partial charge in [-0.05, 0) is 43.4 Å². The second-order valence-electron chi connectivity index (χ2n) is 4.75. The highest BCUT2D eigenvalue weighted by molar-refractivity contribution is 5.94. The van der Waals surface area contributed by atoms with Gasteiger partial charge in [-0.25, -0.2) is 8.78 Å². The average molecular weight is 269 g/mol. The molecule has 1 aliphatic rings. The van der Waals surface area contributed by atoms with Crippen LogP contribution < -0.4 is 5.32 Å². The van der Waals surface area contributed by atoms with Crippen molar-refractivity contribution in [2.75, 3.05) is 19.8 Å². The van der Waals surface area contributed by atoms with Gasteiger partial charge in [0.05, 0.1) is 5.56 Å². The topological polar surface area (TPSA) is 38.3 Å². The van der Waals surface area contributed by atoms with E-state index in [1.165, 1.54) is 12.8 Å². The highest BCUT2D eigenvalue weighted by atomic mass is 19.1. The number of benzene rings is 1. The lowest BCUT2D eigenvalue weighted by Crippen LogP contribution is -2.26. The molecule has 0 heterocycles. The van der Waals surface area contributed by atoms with Crippen LogP contribution >= 0.6 is 0 Å². The van der Waals surface area contributed by atoms with Gasteiger partial charge in [-0.1, -0.05) is 0 Å². The summed E-state index contributed by atoms with van der Waals surface area (Å²) in [5, 5.41) is 2.55. The number of rotatable bonds is 7. The van der Waals surface area contributed by atoms with Gasteiger partial charge in [0.25, 0.3) is 5.91 Å². The maximum Gasteiger partial charge on any atom is 0.254 e. The molecule has 104 valence electrons. The summed E-state index contributed by atoms with van der Waals surface area (Å²) in [6.45, 7) is 1.74. The number of nitrogens with one attached hydrogen (secondary N) is 1. The zero-order chi connectivity index (χ0) is 13.7. The van der Waals surface area contributed by atoms with E-state index in [4.69, 9.17) is 4.74 Å². The Morgan fingerprint density at radius 1 is 1.37 bits per heavy atom. The van der Waals surface area contributed by atoms with Gasteiger partial charge in [0.1, 0.15) is 11.6 Å². The molecule has 1 fully saturated rings. The zero-order valence-corrected chi connectivity index (χ0v) is 10.6. The van der Waals surface area contributed by atoms with Crippen LogP contribution in [-0.4, -0.2) is 25.7 Å². The largest absolute Gasteiger partial charge is 0.381 e. The second kappa shape index (κ2) is 6.61. The van der Waals surface area contributed by atoms with Crippen LogP contribution in [0.5, 0.6) is 0 Å². The standard InChI is InChI=1S/C14H17F2NO2/c15-11-4-5-13(16)12(8-11)14(18)17-6-1-7-19-9-10-2-3-10/h4-5,8,10H,1-3,6-7,9H2,(H,17,18). The molecule has 19 heavy (non-hydrogen) atoms. The Balaban J connectivity index is 1.66. The Labute approximate surface area is 111 Å². The average Bonchev–Trinajstić information content (AvgIpc) is 3.20. The maximum atomic E-state index is 13.3. The van der Waals surface area contributed by atoms with E-state index in [0.29, 0.717) is 19.6 Å². The SMILES string of the molecule is O=C(NCCCOCC1CC1)c1cc(F)ccc1F. The molecule has 0 atom stereocenters. The molecule has 0 unspecified atom stereocenters. The quantitative estimate of drug-likeness (QED) is 0.772. The fraction of sp³-hybridized carbons (Fsp3) is 0.500. The first-order chi connectivity index (χ1) is 9.16. The van der Waals surface area contributed by atoms with E-state index in [2.05, 4.69) is 5.32 Å². The number of carbonyl (C=O) groups is 1. The predicted molar refractivity (Wildman–Crippen MR) is 66.9 cm³/mol. The van der Waals surface area contributed by atoms with Crippen molar-refractivity contribution in [3.05, 3.63) is 35.4 Å². The Kier molecular flexibility index (Phi) is 4.85. The Hall–Kier alpha value is -1.49. The van der Waals surface area contributed by atoms with Gasteiger partial charge in [0, 0.05) is 19.8 Å². The molecule has 1 aliphatic carbocycles. The highest BCUT2D eigenvalue weighted by Crippen LogP contribution is 2.28. The molecule has 1 aromatic rings. The summed E-state index contributed by atoms with van der Waals surface area (Å²) < 4.78 is 31.6. The summed E-state index contributed by atoms with van der Waals surface area (Å²) in [4.78, 5) is 11.6. The Morgan fingerprint density at radius 2 is 2.16 bits per heavy atom. The van der Waals surface area contributed by atoms with Gasteiger partial charge in [-0.3, -0.25) is 4.79 Å². The molecule has 1 saturated carbocycles. The third kappa shape index (κ3) is 4.59. The molecule has 0 aliphatic heterocycles. The number of amides is 1. The molecule has 1 amide bonds. The van der Waals surface area contributed by atoms with Crippen molar-refractivity contribution in [2.24, 2.45) is 5.92 Å². The molecule has 0 radical (unpaired) electrons. The minimum absolute atomic E-state index is 0.265. The van der Waals surface area contributed by atoms with E-state index >= 15 is 0 Å². The van der Waals surface area contributed by atoms with E-state index in [-0.39, 0.29) is 5.56 Å². The molecule has 2 rings (SSSR count). The maximum absolute atomic E-state index is 13.3. The summed E-state index contributed by atoms with van der Waals surface area (Å²) in [7, 11) is 0. The molecule has 1 aromatic carbocycles. The molecule has 0 bridgehead atoms. The van der Waals surface area contributed by atoms with E-state index in [1.54, 1.807) is 0 Å². The van der Waals surface area contributed by atoms with Crippen molar-refractivity contribution >= 4 is 5.91 Å². The number of hydrogen-bond donors (Lipinski definition) is 1. The van der Waals surface area contributed by atoms with Crippen LogP contribution in [0.4, 0.5) is 8.78 Å². The van der Waals surface area contributed by atoms with E-state index < -0.39 is 17.5 Å². The predicted octanol–water partition coefficient (Wildman–Crippen LogP) is 2.51. The van der Waals surface area contributed by atoms with Crippen molar-refractivity contribution < 1.29 is 18.3 Å². The van der Waals surface area contributed by atoms with Gasteiger partial charge >= 0.3 is 0 Å². The van der Waals surface area contributed by atoms with Crippen molar-refractivity contribution in [1.29, 1.82) is 0 Å². The molecule has 0 spiro atoms. The molecule has 1 N–H and O–H groups in total. The van der Waals surface area contributed by atoms with Crippen LogP contribution in [0.3, 0.4) is 0 Å². The molecule has 3 nitrogen and oxygen atoms in total. The first-order valence-electron chi connectivity index (χ1n) is 6.48. The smallest absolute Gasteiger partial charge is 0.254 e. The summed E-state index contributed by atoms with van der Waals surface area (Å²) in [6, 6.07) is 2.83. The summed E-state index contributed by atoms with van der Waals surface area (Å²) in [6.07, 6.45) is 3.15. The minimum atomic E-state index is -0.719. The van der Waals surface area contributed by atoms with E-state index in [0.717, 1.165) is 30.7 Å². The van der Waals surface area contributed by atoms with E-state index in [9.17, 15) is 13.6 Å². The van der Waals surface area contributed by atoms with Gasteiger partial charge in [-0.15, -0.1) is 0 Å². The number of halogens is 2. The zero-order valence-electron chi connectivity index (χ0n) is 10.6. The Morgan fingerprint density at radius 3 is 2.89 bits per heavy atom. The fourth-order valence-electron chi connectivity index (χ4n) is 1.68. The molecule has 5 heteroatoms. The first kappa shape index (κ1) is 13.9. The molecular weight excluding hydrogens is 252 g/mol. The first-order valence-corrected chi connectivity index (χ1v) is 6.48. The van der Waals surface area contributed by atoms with Crippen LogP contribution in [0, 0.1) is 17.6 Å². The molecule has 0 aromatic heterocycles. The van der Waals surface area contributed by atoms with Crippen molar-refractivity contribution in [3.8, 4) is 0 Å². The van der Waals surface area contributed by atoms with Crippen molar-refractivity contribution in [1.82, 2.24) is 5.32 Å². The van der Waals surface area contributed by atoms with Crippen LogP contribution in [0.15, 0.2) is 18.2 Å². The normalized spacial score (nSPS) is 14.4. The highest BCUT2D eigenvalue weighted by Gasteiger charge is 2.20. The lowest BCUT2D eigenvalue weighted by Gasteiger charge is -2.07. The lowest BCUT2D eigenvalue weighted by atomic mass is 10.2. The van der Waals surface area contributed by atoms with E-state index in [1.807, 2.05) is 0 Å². The summed E-state index contributed by atoms with van der Waals surface area (Å²) >= 11 is 0. The number of ether oxygens (including phenoxy) is 1. The number of carbonyl (C=O) groups excluding carboxylic acids is 1. The minimum Gasteiger partial charge on any atom is -0.381 e. The summed E-state index contributed by atoms with van der Waals surface area (Å²) in [5.74, 6) is -1.22. The Bertz CT molecular complexity index is 447. The van der Waals surface area contributed by atoms with Gasteiger partial charge < -0.3 is 10.1 Å². The lowest BCUT2D eigenvalue weighted by molar-refractivity contribution is 0.0933. The van der Waals surface area contributed by atoms with Crippen LogP contribution in [0.25, 0.3) is 0 Å². The molecular formula is C14H17F2NO2. The van der Waals surface area contributed by atoms with Crippen molar-refractivity contribution in [3.63, 3.8) is 0 Å². The second-order valence-corrected chi connectivity index (χ2v) is 4.75. The number of hydrogen-bond acceptors (Lipinski definition) is 2. The molecule has 0 saturated heterocycles. The van der Waals surface area contributed by atoms with Crippen LogP contribution in [0.2, 0.25) is 0 Å².